The second-order valence-corrected chi connectivity index (χ2v) is 6.27. The molecule has 1 atom stereocenters. The van der Waals surface area contributed by atoms with E-state index in [2.05, 4.69) is 10.3 Å². The molecule has 25 heavy (non-hydrogen) atoms. The zero-order valence-electron chi connectivity index (χ0n) is 13.9. The summed E-state index contributed by atoms with van der Waals surface area (Å²) in [5, 5.41) is 12.1. The smallest absolute Gasteiger partial charge is 0.317 e. The van der Waals surface area contributed by atoms with Gasteiger partial charge in [-0.15, -0.1) is 0 Å². The Hall–Kier alpha value is -2.41. The number of piperidine rings is 1. The number of benzene rings is 1. The Morgan fingerprint density at radius 2 is 2.20 bits per heavy atom. The van der Waals surface area contributed by atoms with Gasteiger partial charge in [0.1, 0.15) is 12.1 Å². The van der Waals surface area contributed by atoms with E-state index < -0.39 is 0 Å². The molecule has 1 aromatic heterocycles. The van der Waals surface area contributed by atoms with Crippen molar-refractivity contribution < 1.29 is 18.7 Å². The van der Waals surface area contributed by atoms with Gasteiger partial charge < -0.3 is 19.7 Å². The topological polar surface area (TPSA) is 78.6 Å². The first-order chi connectivity index (χ1) is 12.2. The zero-order chi connectivity index (χ0) is 17.6. The van der Waals surface area contributed by atoms with E-state index in [0.29, 0.717) is 31.0 Å². The molecule has 1 aliphatic rings. The highest BCUT2D eigenvalue weighted by molar-refractivity contribution is 5.74. The highest BCUT2D eigenvalue weighted by atomic mass is 19.1. The van der Waals surface area contributed by atoms with Crippen LogP contribution in [0.5, 0.6) is 0 Å². The maximum atomic E-state index is 12.9. The number of carbonyl (C=O) groups is 1. The molecule has 3 rings (SSSR count). The minimum Gasteiger partial charge on any atom is -0.444 e. The Morgan fingerprint density at radius 3 is 2.96 bits per heavy atom. The molecule has 7 heteroatoms. The molecule has 0 bridgehead atoms. The number of urea groups is 1. The molecule has 2 heterocycles. The van der Waals surface area contributed by atoms with Crippen LogP contribution in [0.2, 0.25) is 0 Å². The predicted octanol–water partition coefficient (Wildman–Crippen LogP) is 2.44. The standard InChI is InChI=1S/C18H22FN3O3/c19-15-5-3-14(4-6-15)17-21-16(12-25-17)7-8-20-18(24)22-9-1-2-13(10-22)11-23/h3-6,12-13,23H,1-2,7-11H2,(H,20,24). The van der Waals surface area contributed by atoms with Crippen molar-refractivity contribution >= 4 is 6.03 Å². The lowest BCUT2D eigenvalue weighted by molar-refractivity contribution is 0.129. The summed E-state index contributed by atoms with van der Waals surface area (Å²) in [5.74, 6) is 0.302. The van der Waals surface area contributed by atoms with Crippen LogP contribution >= 0.6 is 0 Å². The normalized spacial score (nSPS) is 17.5. The first-order valence-corrected chi connectivity index (χ1v) is 8.49. The van der Waals surface area contributed by atoms with Gasteiger partial charge in [-0.25, -0.2) is 14.2 Å². The molecule has 1 saturated heterocycles. The fraction of sp³-hybridized carbons (Fsp3) is 0.444. The van der Waals surface area contributed by atoms with Crippen LogP contribution in [0.4, 0.5) is 9.18 Å². The van der Waals surface area contributed by atoms with Crippen molar-refractivity contribution in [1.29, 1.82) is 0 Å². The zero-order valence-corrected chi connectivity index (χ0v) is 13.9. The van der Waals surface area contributed by atoms with Crippen molar-refractivity contribution in [2.75, 3.05) is 26.2 Å². The molecule has 1 fully saturated rings. The largest absolute Gasteiger partial charge is 0.444 e. The number of aliphatic hydroxyl groups is 1. The van der Waals surface area contributed by atoms with Crippen molar-refractivity contribution in [3.05, 3.63) is 42.0 Å². The third-order valence-corrected chi connectivity index (χ3v) is 4.36. The van der Waals surface area contributed by atoms with E-state index in [4.69, 9.17) is 4.42 Å². The molecule has 0 aliphatic carbocycles. The number of nitrogens with one attached hydrogen (secondary N) is 1. The van der Waals surface area contributed by atoms with Crippen LogP contribution in [0, 0.1) is 11.7 Å². The van der Waals surface area contributed by atoms with Crippen LogP contribution in [-0.4, -0.2) is 47.3 Å². The lowest BCUT2D eigenvalue weighted by Crippen LogP contribution is -2.46. The van der Waals surface area contributed by atoms with E-state index in [1.807, 2.05) is 0 Å². The predicted molar refractivity (Wildman–Crippen MR) is 90.4 cm³/mol. The minimum atomic E-state index is -0.306. The number of oxazole rings is 1. The fourth-order valence-corrected chi connectivity index (χ4v) is 2.95. The second kappa shape index (κ2) is 8.11. The Morgan fingerprint density at radius 1 is 1.40 bits per heavy atom. The van der Waals surface area contributed by atoms with Gasteiger partial charge in [0.05, 0.1) is 5.69 Å². The van der Waals surface area contributed by atoms with Gasteiger partial charge in [-0.05, 0) is 43.0 Å². The van der Waals surface area contributed by atoms with E-state index >= 15 is 0 Å². The Kier molecular flexibility index (Phi) is 5.65. The molecule has 2 amide bonds. The van der Waals surface area contributed by atoms with Gasteiger partial charge in [-0.2, -0.15) is 0 Å². The average molecular weight is 347 g/mol. The van der Waals surface area contributed by atoms with E-state index in [9.17, 15) is 14.3 Å². The molecular weight excluding hydrogens is 325 g/mol. The third-order valence-electron chi connectivity index (χ3n) is 4.36. The minimum absolute atomic E-state index is 0.111. The molecule has 2 N–H and O–H groups in total. The average Bonchev–Trinajstić information content (AvgIpc) is 3.11. The SMILES string of the molecule is O=C(NCCc1coc(-c2ccc(F)cc2)n1)N1CCCC(CO)C1. The molecule has 1 aromatic carbocycles. The molecule has 2 aromatic rings. The fourth-order valence-electron chi connectivity index (χ4n) is 2.95. The first kappa shape index (κ1) is 17.4. The third kappa shape index (κ3) is 4.57. The molecule has 6 nitrogen and oxygen atoms in total. The Balaban J connectivity index is 1.47. The number of nitrogens with zero attached hydrogens (tertiary/aromatic N) is 2. The molecule has 134 valence electrons. The van der Waals surface area contributed by atoms with Crippen molar-refractivity contribution in [1.82, 2.24) is 15.2 Å². The number of carbonyl (C=O) groups excluding carboxylic acids is 1. The summed E-state index contributed by atoms with van der Waals surface area (Å²) in [7, 11) is 0. The summed E-state index contributed by atoms with van der Waals surface area (Å²) in [6.07, 6.45) is 3.98. The lowest BCUT2D eigenvalue weighted by Gasteiger charge is -2.31. The highest BCUT2D eigenvalue weighted by Gasteiger charge is 2.22. The monoisotopic (exact) mass is 347 g/mol. The van der Waals surface area contributed by atoms with Crippen LogP contribution in [0.15, 0.2) is 34.9 Å². The maximum absolute atomic E-state index is 12.9. The van der Waals surface area contributed by atoms with Crippen LogP contribution < -0.4 is 5.32 Å². The summed E-state index contributed by atoms with van der Waals surface area (Å²) in [5.41, 5.74) is 1.44. The number of amides is 2. The molecule has 1 unspecified atom stereocenters. The number of likely N-dealkylation sites (tertiary alicyclic amines) is 1. The van der Waals surface area contributed by atoms with Crippen LogP contribution in [0.1, 0.15) is 18.5 Å². The van der Waals surface area contributed by atoms with Crippen molar-refractivity contribution in [3.8, 4) is 11.5 Å². The summed E-state index contributed by atoms with van der Waals surface area (Å²) in [4.78, 5) is 18.3. The Labute approximate surface area is 145 Å². The van der Waals surface area contributed by atoms with Crippen molar-refractivity contribution in [3.63, 3.8) is 0 Å². The van der Waals surface area contributed by atoms with Gasteiger partial charge in [0.15, 0.2) is 0 Å². The van der Waals surface area contributed by atoms with Gasteiger partial charge in [0, 0.05) is 38.2 Å². The lowest BCUT2D eigenvalue weighted by atomic mass is 9.99. The quantitative estimate of drug-likeness (QED) is 0.871. The molecule has 0 saturated carbocycles. The summed E-state index contributed by atoms with van der Waals surface area (Å²) in [6.45, 7) is 1.89. The summed E-state index contributed by atoms with van der Waals surface area (Å²) < 4.78 is 18.3. The van der Waals surface area contributed by atoms with Gasteiger partial charge in [0.25, 0.3) is 0 Å². The number of aromatic nitrogens is 1. The van der Waals surface area contributed by atoms with Gasteiger partial charge in [0.2, 0.25) is 5.89 Å². The molecule has 1 aliphatic heterocycles. The Bertz CT molecular complexity index is 702. The number of hydrogen-bond acceptors (Lipinski definition) is 4. The number of halogens is 1. The first-order valence-electron chi connectivity index (χ1n) is 8.49. The van der Waals surface area contributed by atoms with E-state index in [1.54, 1.807) is 23.3 Å². The van der Waals surface area contributed by atoms with Crippen LogP contribution in [0.3, 0.4) is 0 Å². The molecule has 0 radical (unpaired) electrons. The maximum Gasteiger partial charge on any atom is 0.317 e. The summed E-state index contributed by atoms with van der Waals surface area (Å²) >= 11 is 0. The van der Waals surface area contributed by atoms with Gasteiger partial charge in [-0.3, -0.25) is 0 Å². The highest BCUT2D eigenvalue weighted by Crippen LogP contribution is 2.19. The van der Waals surface area contributed by atoms with Gasteiger partial charge >= 0.3 is 6.03 Å². The van der Waals surface area contributed by atoms with Crippen LogP contribution in [0.25, 0.3) is 11.5 Å². The van der Waals surface area contributed by atoms with E-state index in [-0.39, 0.29) is 24.4 Å². The van der Waals surface area contributed by atoms with Crippen LogP contribution in [-0.2, 0) is 6.42 Å². The summed E-state index contributed by atoms with van der Waals surface area (Å²) in [6, 6.07) is 5.83. The molecule has 0 spiro atoms. The second-order valence-electron chi connectivity index (χ2n) is 6.27. The van der Waals surface area contributed by atoms with Crippen molar-refractivity contribution in [2.45, 2.75) is 19.3 Å². The number of hydrogen-bond donors (Lipinski definition) is 2. The van der Waals surface area contributed by atoms with Crippen molar-refractivity contribution in [2.24, 2.45) is 5.92 Å². The van der Waals surface area contributed by atoms with Gasteiger partial charge in [-0.1, -0.05) is 0 Å². The molecular formula is C18H22FN3O3. The van der Waals surface area contributed by atoms with E-state index in [1.165, 1.54) is 12.1 Å². The number of rotatable bonds is 5. The van der Waals surface area contributed by atoms with E-state index in [0.717, 1.165) is 25.1 Å². The number of aliphatic hydroxyl groups excluding tert-OH is 1.